The number of phenolic OH excluding ortho intramolecular Hbond substituents is 1. The second-order valence-electron chi connectivity index (χ2n) is 8.90. The van der Waals surface area contributed by atoms with Crippen LogP contribution in [0.5, 0.6) is 5.75 Å². The Balaban J connectivity index is 1.72. The monoisotopic (exact) mass is 510 g/mol. The first-order valence-electron chi connectivity index (χ1n) is 11.6. The van der Waals surface area contributed by atoms with E-state index >= 15 is 0 Å². The number of fused-ring (bicyclic) bond motifs is 1. The minimum Gasteiger partial charge on any atom is -0.505 e. The van der Waals surface area contributed by atoms with E-state index in [1.54, 1.807) is 36.4 Å². The number of nitrogens with one attached hydrogen (secondary N) is 1. The number of alkyl halides is 3. The highest BCUT2D eigenvalue weighted by atomic mass is 19.4. The van der Waals surface area contributed by atoms with Crippen molar-refractivity contribution >= 4 is 34.5 Å². The lowest BCUT2D eigenvalue weighted by Gasteiger charge is -2.19. The number of aryl methyl sites for hydroxylation is 3. The average molecular weight is 511 g/mol. The van der Waals surface area contributed by atoms with Crippen molar-refractivity contribution < 1.29 is 33.0 Å². The van der Waals surface area contributed by atoms with Gasteiger partial charge in [-0.25, -0.2) is 0 Å². The number of anilines is 3. The lowest BCUT2D eigenvalue weighted by atomic mass is 10.0. The van der Waals surface area contributed by atoms with Crippen LogP contribution in [0.2, 0.25) is 0 Å². The van der Waals surface area contributed by atoms with Gasteiger partial charge in [-0.05, 0) is 73.7 Å². The van der Waals surface area contributed by atoms with Gasteiger partial charge < -0.3 is 15.5 Å². The number of nitrogens with zero attached hydrogens (tertiary/aromatic N) is 1. The summed E-state index contributed by atoms with van der Waals surface area (Å²) in [6, 6.07) is 13.3. The van der Waals surface area contributed by atoms with Crippen LogP contribution in [0.4, 0.5) is 30.2 Å². The Kier molecular flexibility index (Phi) is 6.98. The smallest absolute Gasteiger partial charge is 0.416 e. The number of carbonyl (C=O) groups is 2. The molecule has 3 N–H and O–H groups in total. The molecule has 0 spiro atoms. The second kappa shape index (κ2) is 10.0. The second-order valence-corrected chi connectivity index (χ2v) is 8.90. The number of phenols is 1. The molecule has 37 heavy (non-hydrogen) atoms. The molecule has 0 atom stereocenters. The summed E-state index contributed by atoms with van der Waals surface area (Å²) < 4.78 is 40.5. The van der Waals surface area contributed by atoms with Gasteiger partial charge in [0.25, 0.3) is 5.91 Å². The maximum atomic E-state index is 13.5. The third kappa shape index (κ3) is 5.30. The highest BCUT2D eigenvalue weighted by Crippen LogP contribution is 2.45. The third-order valence-electron chi connectivity index (χ3n) is 6.37. The van der Waals surface area contributed by atoms with Gasteiger partial charge in [0.1, 0.15) is 5.75 Å². The number of para-hydroxylation sites is 1. The Morgan fingerprint density at radius 1 is 1.05 bits per heavy atom. The van der Waals surface area contributed by atoms with E-state index in [1.165, 1.54) is 17.2 Å². The number of aromatic hydroxyl groups is 1. The molecule has 192 valence electrons. The first-order chi connectivity index (χ1) is 17.5. The quantitative estimate of drug-likeness (QED) is 0.247. The van der Waals surface area contributed by atoms with Gasteiger partial charge in [0.15, 0.2) is 0 Å². The molecule has 0 bridgehead atoms. The fraction of sp³-hybridized carbons (Fsp3) is 0.214. The van der Waals surface area contributed by atoms with E-state index in [0.29, 0.717) is 29.7 Å². The molecule has 1 aliphatic rings. The molecule has 0 aliphatic carbocycles. The minimum absolute atomic E-state index is 0.0410. The zero-order valence-corrected chi connectivity index (χ0v) is 20.2. The van der Waals surface area contributed by atoms with Crippen LogP contribution < -0.4 is 10.2 Å². The summed E-state index contributed by atoms with van der Waals surface area (Å²) in [5.74, 6) is -1.53. The third-order valence-corrected chi connectivity index (χ3v) is 6.37. The number of hydrogen-bond donors (Lipinski definition) is 3. The lowest BCUT2D eigenvalue weighted by molar-refractivity contribution is -0.138. The van der Waals surface area contributed by atoms with E-state index in [-0.39, 0.29) is 29.1 Å². The molecule has 1 heterocycles. The summed E-state index contributed by atoms with van der Waals surface area (Å²) in [5, 5.41) is 22.4. The average Bonchev–Trinajstić information content (AvgIpc) is 3.11. The van der Waals surface area contributed by atoms with E-state index in [0.717, 1.165) is 23.3 Å². The summed E-state index contributed by atoms with van der Waals surface area (Å²) >= 11 is 0. The molecule has 0 fully saturated rings. The lowest BCUT2D eigenvalue weighted by Crippen LogP contribution is -2.21. The number of aliphatic carboxylic acids is 1. The number of carboxylic acids is 1. The van der Waals surface area contributed by atoms with Gasteiger partial charge in [0.2, 0.25) is 0 Å². The van der Waals surface area contributed by atoms with Gasteiger partial charge >= 0.3 is 12.1 Å². The zero-order valence-electron chi connectivity index (χ0n) is 20.2. The molecule has 3 aromatic carbocycles. The Labute approximate surface area is 211 Å². The summed E-state index contributed by atoms with van der Waals surface area (Å²) in [7, 11) is 0. The van der Waals surface area contributed by atoms with Crippen molar-refractivity contribution in [2.75, 3.05) is 10.2 Å². The van der Waals surface area contributed by atoms with Crippen LogP contribution in [-0.4, -0.2) is 22.1 Å². The molecule has 1 amide bonds. The molecule has 1 aliphatic heterocycles. The molecular formula is C28H25F3N2O4. The largest absolute Gasteiger partial charge is 0.505 e. The van der Waals surface area contributed by atoms with E-state index in [9.17, 15) is 27.9 Å². The number of hydrogen-bond acceptors (Lipinski definition) is 4. The number of benzene rings is 3. The molecule has 3 aromatic rings. The fourth-order valence-electron chi connectivity index (χ4n) is 4.22. The first-order valence-corrected chi connectivity index (χ1v) is 11.6. The van der Waals surface area contributed by atoms with Crippen LogP contribution in [0.3, 0.4) is 0 Å². The Hall–Kier alpha value is -4.27. The van der Waals surface area contributed by atoms with Gasteiger partial charge in [-0.2, -0.15) is 13.2 Å². The SMILES string of the molecule is Cc1ccc(N2C(=O)/C(=C\Nc3cccc(CCCC(=O)O)c3O)c3ccc(C(F)(F)F)cc32)cc1C. The summed E-state index contributed by atoms with van der Waals surface area (Å²) in [4.78, 5) is 25.6. The van der Waals surface area contributed by atoms with Crippen molar-refractivity contribution in [3.05, 3.63) is 88.6 Å². The van der Waals surface area contributed by atoms with Gasteiger partial charge in [-0.3, -0.25) is 14.5 Å². The number of carboxylic acid groups (broad SMARTS) is 1. The highest BCUT2D eigenvalue weighted by Gasteiger charge is 2.38. The van der Waals surface area contributed by atoms with E-state index < -0.39 is 23.6 Å². The highest BCUT2D eigenvalue weighted by molar-refractivity contribution is 6.35. The molecule has 0 saturated carbocycles. The zero-order chi connectivity index (χ0) is 26.9. The molecule has 9 heteroatoms. The van der Waals surface area contributed by atoms with Crippen molar-refractivity contribution in [1.82, 2.24) is 0 Å². The Bertz CT molecular complexity index is 1410. The molecule has 0 unspecified atom stereocenters. The topological polar surface area (TPSA) is 89.9 Å². The standard InChI is InChI=1S/C28H25F3N2O4/c1-16-9-11-20(13-17(16)2)33-24-14-19(28(29,30)31)10-12-21(24)22(27(33)37)15-32-23-7-3-5-18(26(23)36)6-4-8-25(34)35/h3,5,7,9-15,32,36H,4,6,8H2,1-2H3,(H,34,35)/b22-15-. The van der Waals surface area contributed by atoms with E-state index in [4.69, 9.17) is 5.11 Å². The minimum atomic E-state index is -4.58. The van der Waals surface area contributed by atoms with Gasteiger partial charge in [0.05, 0.1) is 22.5 Å². The number of amides is 1. The molecule has 6 nitrogen and oxygen atoms in total. The molecular weight excluding hydrogens is 485 g/mol. The summed E-state index contributed by atoms with van der Waals surface area (Å²) in [6.45, 7) is 3.76. The summed E-state index contributed by atoms with van der Waals surface area (Å²) in [5.41, 5.74) is 2.84. The van der Waals surface area contributed by atoms with E-state index in [1.807, 2.05) is 13.8 Å². The van der Waals surface area contributed by atoms with Crippen LogP contribution in [-0.2, 0) is 22.2 Å². The predicted molar refractivity (Wildman–Crippen MR) is 135 cm³/mol. The van der Waals surface area contributed by atoms with Gasteiger partial charge in [-0.1, -0.05) is 24.3 Å². The van der Waals surface area contributed by atoms with Gasteiger partial charge in [0, 0.05) is 23.9 Å². The molecule has 0 saturated heterocycles. The molecule has 0 radical (unpaired) electrons. The number of halogens is 3. The van der Waals surface area contributed by atoms with Crippen molar-refractivity contribution in [1.29, 1.82) is 0 Å². The Morgan fingerprint density at radius 3 is 2.49 bits per heavy atom. The summed E-state index contributed by atoms with van der Waals surface area (Å²) in [6.07, 6.45) is -2.57. The Morgan fingerprint density at radius 2 is 1.81 bits per heavy atom. The van der Waals surface area contributed by atoms with Crippen LogP contribution in [0.1, 0.15) is 40.7 Å². The van der Waals surface area contributed by atoms with Crippen molar-refractivity contribution in [2.24, 2.45) is 0 Å². The maximum absolute atomic E-state index is 13.5. The van der Waals surface area contributed by atoms with Crippen molar-refractivity contribution in [2.45, 2.75) is 39.3 Å². The van der Waals surface area contributed by atoms with E-state index in [2.05, 4.69) is 5.32 Å². The van der Waals surface area contributed by atoms with Gasteiger partial charge in [-0.15, -0.1) is 0 Å². The maximum Gasteiger partial charge on any atom is 0.416 e. The fourth-order valence-corrected chi connectivity index (χ4v) is 4.22. The first kappa shape index (κ1) is 25.8. The van der Waals surface area contributed by atoms with Crippen LogP contribution >= 0.6 is 0 Å². The van der Waals surface area contributed by atoms with Crippen LogP contribution in [0.15, 0.2) is 60.8 Å². The van der Waals surface area contributed by atoms with Crippen LogP contribution in [0.25, 0.3) is 5.57 Å². The molecule has 4 rings (SSSR count). The number of rotatable bonds is 7. The predicted octanol–water partition coefficient (Wildman–Crippen LogP) is 6.57. The van der Waals surface area contributed by atoms with Crippen molar-refractivity contribution in [3.8, 4) is 5.75 Å². The van der Waals surface area contributed by atoms with Crippen molar-refractivity contribution in [3.63, 3.8) is 0 Å². The number of carbonyl (C=O) groups excluding carboxylic acids is 1. The normalized spacial score (nSPS) is 14.2. The molecule has 0 aromatic heterocycles. The van der Waals surface area contributed by atoms with Crippen LogP contribution in [0, 0.1) is 13.8 Å².